The lowest BCUT2D eigenvalue weighted by Gasteiger charge is -2.04. The molecule has 0 aliphatic rings. The molecule has 0 aliphatic carbocycles. The van der Waals surface area contributed by atoms with Gasteiger partial charge < -0.3 is 14.4 Å². The van der Waals surface area contributed by atoms with Gasteiger partial charge in [-0.2, -0.15) is 0 Å². The number of esters is 1. The first-order chi connectivity index (χ1) is 14.0. The van der Waals surface area contributed by atoms with Gasteiger partial charge in [0.25, 0.3) is 0 Å². The molecule has 148 valence electrons. The molecule has 4 rings (SSSR count). The summed E-state index contributed by atoms with van der Waals surface area (Å²) in [6, 6.07) is 11.5. The van der Waals surface area contributed by atoms with E-state index in [1.165, 1.54) is 16.7 Å². The summed E-state index contributed by atoms with van der Waals surface area (Å²) >= 11 is 0. The normalized spacial score (nSPS) is 11.1. The van der Waals surface area contributed by atoms with Gasteiger partial charge in [-0.25, -0.2) is 9.07 Å². The van der Waals surface area contributed by atoms with E-state index in [1.807, 2.05) is 19.1 Å². The fraction of sp³-hybridized carbons (Fsp3) is 0.190. The molecule has 0 spiro atoms. The van der Waals surface area contributed by atoms with Gasteiger partial charge in [0.15, 0.2) is 5.88 Å². The van der Waals surface area contributed by atoms with Crippen LogP contribution in [0.2, 0.25) is 0 Å². The maximum atomic E-state index is 13.2. The second-order valence-electron chi connectivity index (χ2n) is 6.60. The average molecular weight is 394 g/mol. The summed E-state index contributed by atoms with van der Waals surface area (Å²) in [6.07, 6.45) is 1.70. The van der Waals surface area contributed by atoms with Gasteiger partial charge in [-0.05, 0) is 50.2 Å². The van der Waals surface area contributed by atoms with Gasteiger partial charge in [0.1, 0.15) is 18.1 Å². The number of hydrogen-bond donors (Lipinski definition) is 1. The van der Waals surface area contributed by atoms with E-state index in [0.29, 0.717) is 16.8 Å². The molecule has 4 aromatic rings. The molecule has 2 aromatic heterocycles. The van der Waals surface area contributed by atoms with Crippen LogP contribution in [0.25, 0.3) is 27.7 Å². The third kappa shape index (κ3) is 3.44. The lowest BCUT2D eigenvalue weighted by atomic mass is 10.1. The number of nitrogens with zero attached hydrogens (tertiary/aromatic N) is 4. The zero-order valence-corrected chi connectivity index (χ0v) is 16.0. The Kier molecular flexibility index (Phi) is 4.75. The van der Waals surface area contributed by atoms with Gasteiger partial charge in [0.2, 0.25) is 0 Å². The summed E-state index contributed by atoms with van der Waals surface area (Å²) in [6.45, 7) is 3.83. The SMILES string of the molecule is CCOC(=O)Cn1cc2cc(-c3nnn(-c4ccc(F)cc4)c3C)ccc2c1O. The van der Waals surface area contributed by atoms with Crippen molar-refractivity contribution in [2.24, 2.45) is 0 Å². The molecule has 0 radical (unpaired) electrons. The Morgan fingerprint density at radius 1 is 1.21 bits per heavy atom. The molecule has 2 aromatic carbocycles. The predicted molar refractivity (Wildman–Crippen MR) is 105 cm³/mol. The van der Waals surface area contributed by atoms with Crippen LogP contribution in [0.3, 0.4) is 0 Å². The summed E-state index contributed by atoms with van der Waals surface area (Å²) in [5.41, 5.74) is 3.00. The van der Waals surface area contributed by atoms with E-state index in [1.54, 1.807) is 36.0 Å². The highest BCUT2D eigenvalue weighted by Crippen LogP contribution is 2.32. The number of rotatable bonds is 5. The molecule has 29 heavy (non-hydrogen) atoms. The number of carbonyl (C=O) groups is 1. The number of benzene rings is 2. The quantitative estimate of drug-likeness (QED) is 0.523. The topological polar surface area (TPSA) is 82.2 Å². The van der Waals surface area contributed by atoms with Crippen molar-refractivity contribution in [3.05, 3.63) is 60.2 Å². The van der Waals surface area contributed by atoms with Crippen LogP contribution in [0.1, 0.15) is 12.6 Å². The van der Waals surface area contributed by atoms with Crippen LogP contribution in [0, 0.1) is 12.7 Å². The van der Waals surface area contributed by atoms with E-state index < -0.39 is 5.97 Å². The minimum atomic E-state index is -0.415. The Labute approximate surface area is 166 Å². The van der Waals surface area contributed by atoms with Crippen molar-refractivity contribution in [3.63, 3.8) is 0 Å². The van der Waals surface area contributed by atoms with Crippen molar-refractivity contribution in [1.29, 1.82) is 0 Å². The Hall–Kier alpha value is -3.68. The van der Waals surface area contributed by atoms with Crippen molar-refractivity contribution >= 4 is 16.7 Å². The lowest BCUT2D eigenvalue weighted by Crippen LogP contribution is -2.12. The molecule has 0 fully saturated rings. The van der Waals surface area contributed by atoms with Gasteiger partial charge in [0.05, 0.1) is 18.0 Å². The van der Waals surface area contributed by atoms with E-state index in [0.717, 1.165) is 16.6 Å². The molecular weight excluding hydrogens is 375 g/mol. The first-order valence-electron chi connectivity index (χ1n) is 9.14. The minimum absolute atomic E-state index is 0.00583. The van der Waals surface area contributed by atoms with Crippen molar-refractivity contribution in [2.45, 2.75) is 20.4 Å². The third-order valence-electron chi connectivity index (χ3n) is 4.70. The van der Waals surface area contributed by atoms with Crippen LogP contribution in [0.4, 0.5) is 4.39 Å². The minimum Gasteiger partial charge on any atom is -0.494 e. The van der Waals surface area contributed by atoms with Crippen LogP contribution in [-0.4, -0.2) is 37.2 Å². The summed E-state index contributed by atoms with van der Waals surface area (Å²) in [7, 11) is 0. The molecule has 0 saturated heterocycles. The summed E-state index contributed by atoms with van der Waals surface area (Å²) in [5, 5.41) is 20.2. The Bertz CT molecular complexity index is 1190. The Morgan fingerprint density at radius 3 is 2.69 bits per heavy atom. The summed E-state index contributed by atoms with van der Waals surface area (Å²) in [4.78, 5) is 11.7. The zero-order valence-electron chi connectivity index (χ0n) is 16.0. The molecule has 0 bridgehead atoms. The molecule has 8 heteroatoms. The largest absolute Gasteiger partial charge is 0.494 e. The van der Waals surface area contributed by atoms with Gasteiger partial charge in [-0.1, -0.05) is 11.3 Å². The number of ether oxygens (including phenoxy) is 1. The fourth-order valence-corrected chi connectivity index (χ4v) is 3.29. The highest BCUT2D eigenvalue weighted by molar-refractivity contribution is 5.92. The first-order valence-corrected chi connectivity index (χ1v) is 9.14. The molecule has 0 aliphatic heterocycles. The van der Waals surface area contributed by atoms with Gasteiger partial charge in [0, 0.05) is 22.5 Å². The molecule has 1 N–H and O–H groups in total. The zero-order chi connectivity index (χ0) is 20.5. The maximum absolute atomic E-state index is 13.2. The van der Waals surface area contributed by atoms with Crippen LogP contribution < -0.4 is 0 Å². The second-order valence-corrected chi connectivity index (χ2v) is 6.60. The van der Waals surface area contributed by atoms with Crippen LogP contribution in [0.15, 0.2) is 48.7 Å². The number of carbonyl (C=O) groups excluding carboxylic acids is 1. The summed E-state index contributed by atoms with van der Waals surface area (Å²) in [5.74, 6) is -0.725. The molecule has 0 saturated carbocycles. The highest BCUT2D eigenvalue weighted by atomic mass is 19.1. The molecule has 7 nitrogen and oxygen atoms in total. The number of aromatic nitrogens is 4. The maximum Gasteiger partial charge on any atom is 0.326 e. The van der Waals surface area contributed by atoms with E-state index in [9.17, 15) is 14.3 Å². The number of halogens is 1. The highest BCUT2D eigenvalue weighted by Gasteiger charge is 2.16. The number of aromatic hydroxyl groups is 1. The average Bonchev–Trinajstić information content (AvgIpc) is 3.22. The molecule has 2 heterocycles. The lowest BCUT2D eigenvalue weighted by molar-refractivity contribution is -0.143. The molecule has 0 unspecified atom stereocenters. The fourth-order valence-electron chi connectivity index (χ4n) is 3.29. The summed E-state index contributed by atoms with van der Waals surface area (Å²) < 4.78 is 21.2. The van der Waals surface area contributed by atoms with E-state index in [4.69, 9.17) is 4.74 Å². The van der Waals surface area contributed by atoms with E-state index in [-0.39, 0.29) is 24.8 Å². The second kappa shape index (κ2) is 7.38. The standard InChI is InChI=1S/C21H19FN4O3/c1-3-29-19(27)12-25-11-15-10-14(4-9-18(15)21(25)28)20-13(2)26(24-23-20)17-7-5-16(22)6-8-17/h4-11,28H,3,12H2,1-2H3. The van der Waals surface area contributed by atoms with Crippen molar-refractivity contribution in [2.75, 3.05) is 6.61 Å². The van der Waals surface area contributed by atoms with E-state index >= 15 is 0 Å². The molecular formula is C21H19FN4O3. The van der Waals surface area contributed by atoms with Crippen LogP contribution in [-0.2, 0) is 16.1 Å². The molecule has 0 amide bonds. The van der Waals surface area contributed by atoms with Gasteiger partial charge >= 0.3 is 5.97 Å². The number of fused-ring (bicyclic) bond motifs is 1. The number of hydrogen-bond acceptors (Lipinski definition) is 5. The van der Waals surface area contributed by atoms with Crippen molar-refractivity contribution in [3.8, 4) is 22.8 Å². The van der Waals surface area contributed by atoms with E-state index in [2.05, 4.69) is 10.3 Å². The van der Waals surface area contributed by atoms with Gasteiger partial charge in [-0.3, -0.25) is 4.79 Å². The van der Waals surface area contributed by atoms with Crippen LogP contribution in [0.5, 0.6) is 5.88 Å². The Morgan fingerprint density at radius 2 is 1.97 bits per heavy atom. The Balaban J connectivity index is 1.70. The predicted octanol–water partition coefficient (Wildman–Crippen LogP) is 3.61. The smallest absolute Gasteiger partial charge is 0.326 e. The van der Waals surface area contributed by atoms with Crippen LogP contribution >= 0.6 is 0 Å². The monoisotopic (exact) mass is 394 g/mol. The van der Waals surface area contributed by atoms with Crippen molar-refractivity contribution in [1.82, 2.24) is 19.6 Å². The third-order valence-corrected chi connectivity index (χ3v) is 4.70. The first kappa shape index (κ1) is 18.7. The van der Waals surface area contributed by atoms with Gasteiger partial charge in [-0.15, -0.1) is 5.10 Å². The molecule has 0 atom stereocenters. The van der Waals surface area contributed by atoms with Crippen molar-refractivity contribution < 1.29 is 19.0 Å².